The van der Waals surface area contributed by atoms with Crippen molar-refractivity contribution in [2.75, 3.05) is 0 Å². The molecule has 0 unspecified atom stereocenters. The van der Waals surface area contributed by atoms with Crippen molar-refractivity contribution < 1.29 is 13.9 Å². The summed E-state index contributed by atoms with van der Waals surface area (Å²) in [5.74, 6) is 0. The van der Waals surface area contributed by atoms with Crippen LogP contribution in [0.15, 0.2) is 24.4 Å². The number of rotatable bonds is 3. The first-order valence-corrected chi connectivity index (χ1v) is 5.57. The highest BCUT2D eigenvalue weighted by Gasteiger charge is 2.20. The van der Waals surface area contributed by atoms with E-state index in [1.807, 2.05) is 19.9 Å². The number of aliphatic hydroxyl groups excluding tert-OH is 1. The zero-order valence-corrected chi connectivity index (χ0v) is 10.2. The fraction of sp³-hybridized carbons (Fsp3) is 0.308. The average Bonchev–Trinajstić information content (AvgIpc) is 2.71. The quantitative estimate of drug-likeness (QED) is 0.912. The van der Waals surface area contributed by atoms with E-state index in [0.717, 1.165) is 11.1 Å². The number of aliphatic hydroxyl groups is 1. The van der Waals surface area contributed by atoms with E-state index < -0.39 is 13.0 Å². The minimum Gasteiger partial charge on any atom is -0.392 e. The van der Waals surface area contributed by atoms with Gasteiger partial charge in [-0.15, -0.1) is 0 Å². The summed E-state index contributed by atoms with van der Waals surface area (Å²) < 4.78 is 27.2. The second-order valence-corrected chi connectivity index (χ2v) is 4.27. The molecule has 0 aliphatic rings. The molecule has 2 aromatic rings. The van der Waals surface area contributed by atoms with E-state index in [2.05, 4.69) is 5.10 Å². The molecule has 0 atom stereocenters. The van der Waals surface area contributed by atoms with Crippen LogP contribution in [0.4, 0.5) is 8.78 Å². The van der Waals surface area contributed by atoms with Crippen LogP contribution in [0.1, 0.15) is 28.8 Å². The SMILES string of the molecule is Cc1cc(C)cc(-n2ncc(CO)c2C(F)F)c1. The summed E-state index contributed by atoms with van der Waals surface area (Å²) in [7, 11) is 0. The smallest absolute Gasteiger partial charge is 0.280 e. The maximum Gasteiger partial charge on any atom is 0.280 e. The molecule has 1 heterocycles. The van der Waals surface area contributed by atoms with Crippen LogP contribution in [0.5, 0.6) is 0 Å². The lowest BCUT2D eigenvalue weighted by atomic mass is 10.1. The third-order valence-electron chi connectivity index (χ3n) is 2.71. The van der Waals surface area contributed by atoms with Crippen LogP contribution in [0.25, 0.3) is 5.69 Å². The Bertz CT molecular complexity index is 544. The number of hydrogen-bond acceptors (Lipinski definition) is 2. The molecule has 0 saturated carbocycles. The van der Waals surface area contributed by atoms with Crippen molar-refractivity contribution >= 4 is 0 Å². The number of hydrogen-bond donors (Lipinski definition) is 1. The molecule has 1 N–H and O–H groups in total. The maximum atomic E-state index is 13.0. The summed E-state index contributed by atoms with van der Waals surface area (Å²) in [5.41, 5.74) is 2.45. The Kier molecular flexibility index (Phi) is 3.43. The molecule has 96 valence electrons. The first kappa shape index (κ1) is 12.7. The molecule has 2 rings (SSSR count). The minimum atomic E-state index is -2.67. The van der Waals surface area contributed by atoms with E-state index in [4.69, 9.17) is 5.11 Å². The van der Waals surface area contributed by atoms with E-state index in [-0.39, 0.29) is 11.3 Å². The molecule has 0 spiro atoms. The summed E-state index contributed by atoms with van der Waals surface area (Å²) in [6.07, 6.45) is -1.39. The standard InChI is InChI=1S/C13H14F2N2O/c1-8-3-9(2)5-11(4-8)17-12(13(14)15)10(7-18)6-16-17/h3-6,13,18H,7H2,1-2H3. The number of aromatic nitrogens is 2. The van der Waals surface area contributed by atoms with Crippen molar-refractivity contribution in [2.45, 2.75) is 26.9 Å². The minimum absolute atomic E-state index is 0.157. The Morgan fingerprint density at radius 3 is 2.33 bits per heavy atom. The molecule has 18 heavy (non-hydrogen) atoms. The van der Waals surface area contributed by atoms with Gasteiger partial charge in [0, 0.05) is 5.56 Å². The monoisotopic (exact) mass is 252 g/mol. The summed E-state index contributed by atoms with van der Waals surface area (Å²) in [6.45, 7) is 3.36. The van der Waals surface area contributed by atoms with Crippen LogP contribution in [-0.2, 0) is 6.61 Å². The van der Waals surface area contributed by atoms with E-state index >= 15 is 0 Å². The van der Waals surface area contributed by atoms with E-state index in [1.54, 1.807) is 12.1 Å². The first-order valence-electron chi connectivity index (χ1n) is 5.57. The van der Waals surface area contributed by atoms with E-state index in [0.29, 0.717) is 5.69 Å². The van der Waals surface area contributed by atoms with Gasteiger partial charge in [-0.3, -0.25) is 0 Å². The molecule has 0 fully saturated rings. The molecular weight excluding hydrogens is 238 g/mol. The van der Waals surface area contributed by atoms with E-state index in [1.165, 1.54) is 10.9 Å². The van der Waals surface area contributed by atoms with Gasteiger partial charge in [-0.05, 0) is 37.1 Å². The molecule has 0 bridgehead atoms. The summed E-state index contributed by atoms with van der Waals surface area (Å²) in [6, 6.07) is 5.53. The maximum absolute atomic E-state index is 13.0. The van der Waals surface area contributed by atoms with Crippen LogP contribution in [0.3, 0.4) is 0 Å². The topological polar surface area (TPSA) is 38.0 Å². The molecule has 1 aromatic carbocycles. The zero-order valence-electron chi connectivity index (χ0n) is 10.2. The molecule has 1 aromatic heterocycles. The molecule has 0 amide bonds. The lowest BCUT2D eigenvalue weighted by molar-refractivity contribution is 0.138. The van der Waals surface area contributed by atoms with Gasteiger partial charge in [-0.25, -0.2) is 13.5 Å². The van der Waals surface area contributed by atoms with Crippen molar-refractivity contribution in [3.63, 3.8) is 0 Å². The van der Waals surface area contributed by atoms with Gasteiger partial charge in [0.25, 0.3) is 6.43 Å². The Morgan fingerprint density at radius 2 is 1.83 bits per heavy atom. The van der Waals surface area contributed by atoms with Gasteiger partial charge in [0.2, 0.25) is 0 Å². The predicted molar refractivity (Wildman–Crippen MR) is 63.9 cm³/mol. The highest BCUT2D eigenvalue weighted by atomic mass is 19.3. The Labute approximate surface area is 104 Å². The van der Waals surface area contributed by atoms with Gasteiger partial charge in [-0.2, -0.15) is 5.10 Å². The Hall–Kier alpha value is -1.75. The molecule has 0 radical (unpaired) electrons. The van der Waals surface area contributed by atoms with Crippen molar-refractivity contribution in [2.24, 2.45) is 0 Å². The Morgan fingerprint density at radius 1 is 1.22 bits per heavy atom. The summed E-state index contributed by atoms with van der Waals surface area (Å²) in [4.78, 5) is 0. The summed E-state index contributed by atoms with van der Waals surface area (Å²) in [5, 5.41) is 13.0. The number of nitrogens with zero attached hydrogens (tertiary/aromatic N) is 2. The second kappa shape index (κ2) is 4.86. The zero-order chi connectivity index (χ0) is 13.3. The van der Waals surface area contributed by atoms with Gasteiger partial charge >= 0.3 is 0 Å². The van der Waals surface area contributed by atoms with E-state index in [9.17, 15) is 8.78 Å². The summed E-state index contributed by atoms with van der Waals surface area (Å²) >= 11 is 0. The average molecular weight is 252 g/mol. The van der Waals surface area contributed by atoms with Crippen molar-refractivity contribution in [3.8, 4) is 5.69 Å². The molecule has 3 nitrogen and oxygen atoms in total. The van der Waals surface area contributed by atoms with Crippen LogP contribution < -0.4 is 0 Å². The fourth-order valence-electron chi connectivity index (χ4n) is 2.02. The number of aryl methyl sites for hydroxylation is 2. The van der Waals surface area contributed by atoms with Crippen molar-refractivity contribution in [1.82, 2.24) is 9.78 Å². The normalized spacial score (nSPS) is 11.2. The van der Waals surface area contributed by atoms with Crippen LogP contribution in [0.2, 0.25) is 0 Å². The molecule has 0 aliphatic carbocycles. The van der Waals surface area contributed by atoms with Crippen molar-refractivity contribution in [3.05, 3.63) is 46.8 Å². The number of alkyl halides is 2. The van der Waals surface area contributed by atoms with Crippen LogP contribution in [-0.4, -0.2) is 14.9 Å². The second-order valence-electron chi connectivity index (χ2n) is 4.27. The lowest BCUT2D eigenvalue weighted by Crippen LogP contribution is -2.05. The van der Waals surface area contributed by atoms with Crippen molar-refractivity contribution in [1.29, 1.82) is 0 Å². The third-order valence-corrected chi connectivity index (χ3v) is 2.71. The Balaban J connectivity index is 2.60. The van der Waals surface area contributed by atoms with Gasteiger partial charge in [0.15, 0.2) is 0 Å². The van der Waals surface area contributed by atoms with Gasteiger partial charge < -0.3 is 5.11 Å². The molecule has 0 saturated heterocycles. The fourth-order valence-corrected chi connectivity index (χ4v) is 2.02. The molecular formula is C13H14F2N2O. The van der Waals surface area contributed by atoms with Crippen LogP contribution >= 0.6 is 0 Å². The first-order chi connectivity index (χ1) is 8.52. The number of halogens is 2. The third kappa shape index (κ3) is 2.26. The number of benzene rings is 1. The highest BCUT2D eigenvalue weighted by Crippen LogP contribution is 2.26. The molecule has 0 aliphatic heterocycles. The highest BCUT2D eigenvalue weighted by molar-refractivity contribution is 5.41. The van der Waals surface area contributed by atoms with Crippen LogP contribution in [0, 0.1) is 13.8 Å². The largest absolute Gasteiger partial charge is 0.392 e. The predicted octanol–water partition coefficient (Wildman–Crippen LogP) is 2.92. The van der Waals surface area contributed by atoms with Gasteiger partial charge in [-0.1, -0.05) is 6.07 Å². The van der Waals surface area contributed by atoms with Gasteiger partial charge in [0.05, 0.1) is 18.5 Å². The lowest BCUT2D eigenvalue weighted by Gasteiger charge is -2.10. The van der Waals surface area contributed by atoms with Gasteiger partial charge in [0.1, 0.15) is 5.69 Å². The molecule has 5 heteroatoms.